The second-order valence-electron chi connectivity index (χ2n) is 4.78. The third-order valence-corrected chi connectivity index (χ3v) is 1.90. The molecule has 0 bridgehead atoms. The average molecular weight is 256 g/mol. The fourth-order valence-electron chi connectivity index (χ4n) is 1.19. The van der Waals surface area contributed by atoms with Crippen LogP contribution in [-0.2, 0) is 11.2 Å². The van der Waals surface area contributed by atoms with Gasteiger partial charge >= 0.3 is 6.09 Å². The van der Waals surface area contributed by atoms with E-state index in [1.54, 1.807) is 0 Å². The molecule has 1 aromatic heterocycles. The Kier molecular flexibility index (Phi) is 5.57. The molecule has 1 heterocycles. The Balaban J connectivity index is 1.97. The van der Waals surface area contributed by atoms with Crippen molar-refractivity contribution in [2.75, 3.05) is 19.6 Å². The van der Waals surface area contributed by atoms with E-state index in [2.05, 4.69) is 25.3 Å². The largest absolute Gasteiger partial charge is 0.444 e. The standard InChI is InChI=1S/C11H20N4O3/c1-11(2,3)18-10(16)13-7-6-12-5-4-9-14-8-17-15-9/h8,12H,4-7H2,1-3H3,(H,13,16). The number of rotatable bonds is 6. The van der Waals surface area contributed by atoms with Crippen LogP contribution < -0.4 is 10.6 Å². The van der Waals surface area contributed by atoms with Gasteiger partial charge in [0.05, 0.1) is 0 Å². The molecule has 7 nitrogen and oxygen atoms in total. The Morgan fingerprint density at radius 2 is 2.17 bits per heavy atom. The van der Waals surface area contributed by atoms with Crippen LogP contribution in [0.4, 0.5) is 4.79 Å². The van der Waals surface area contributed by atoms with Gasteiger partial charge in [-0.25, -0.2) is 4.79 Å². The smallest absolute Gasteiger partial charge is 0.407 e. The Morgan fingerprint density at radius 1 is 1.39 bits per heavy atom. The first-order valence-electron chi connectivity index (χ1n) is 5.90. The van der Waals surface area contributed by atoms with Crippen molar-refractivity contribution in [1.29, 1.82) is 0 Å². The lowest BCUT2D eigenvalue weighted by Gasteiger charge is -2.19. The van der Waals surface area contributed by atoms with Gasteiger partial charge in [0.1, 0.15) is 5.60 Å². The number of nitrogens with one attached hydrogen (secondary N) is 2. The summed E-state index contributed by atoms with van der Waals surface area (Å²) < 4.78 is 9.70. The van der Waals surface area contributed by atoms with Crippen molar-refractivity contribution in [3.8, 4) is 0 Å². The molecule has 0 fully saturated rings. The zero-order valence-electron chi connectivity index (χ0n) is 11.0. The minimum Gasteiger partial charge on any atom is -0.444 e. The van der Waals surface area contributed by atoms with Gasteiger partial charge in [0.15, 0.2) is 5.82 Å². The maximum absolute atomic E-state index is 11.3. The second-order valence-corrected chi connectivity index (χ2v) is 4.78. The molecule has 0 atom stereocenters. The van der Waals surface area contributed by atoms with Crippen LogP contribution >= 0.6 is 0 Å². The van der Waals surface area contributed by atoms with Gasteiger partial charge in [-0.1, -0.05) is 5.16 Å². The topological polar surface area (TPSA) is 89.3 Å². The highest BCUT2D eigenvalue weighted by molar-refractivity contribution is 5.67. The van der Waals surface area contributed by atoms with Crippen molar-refractivity contribution >= 4 is 6.09 Å². The third-order valence-electron chi connectivity index (χ3n) is 1.90. The molecule has 1 aromatic rings. The molecule has 0 aliphatic heterocycles. The SMILES string of the molecule is CC(C)(C)OC(=O)NCCNCCc1ncon1. The molecule has 0 unspecified atom stereocenters. The number of hydrogen-bond acceptors (Lipinski definition) is 6. The van der Waals surface area contributed by atoms with Gasteiger partial charge in [0.2, 0.25) is 6.39 Å². The summed E-state index contributed by atoms with van der Waals surface area (Å²) in [6, 6.07) is 0. The summed E-state index contributed by atoms with van der Waals surface area (Å²) in [5.41, 5.74) is -0.462. The van der Waals surface area contributed by atoms with Gasteiger partial charge in [-0.05, 0) is 20.8 Å². The molecular formula is C11H20N4O3. The highest BCUT2D eigenvalue weighted by Crippen LogP contribution is 2.05. The first-order chi connectivity index (χ1) is 8.47. The molecule has 7 heteroatoms. The van der Waals surface area contributed by atoms with Crippen LogP contribution in [0.3, 0.4) is 0 Å². The molecule has 2 N–H and O–H groups in total. The number of hydrogen-bond donors (Lipinski definition) is 2. The normalized spacial score (nSPS) is 11.3. The Bertz CT molecular complexity index is 346. The summed E-state index contributed by atoms with van der Waals surface area (Å²) in [4.78, 5) is 15.2. The van der Waals surface area contributed by atoms with Crippen LogP contribution in [0.15, 0.2) is 10.9 Å². The van der Waals surface area contributed by atoms with Gasteiger partial charge in [-0.3, -0.25) is 0 Å². The molecule has 0 aliphatic rings. The maximum atomic E-state index is 11.3. The van der Waals surface area contributed by atoms with Gasteiger partial charge < -0.3 is 19.9 Å². The van der Waals surface area contributed by atoms with Crippen LogP contribution in [-0.4, -0.2) is 41.5 Å². The molecule has 0 spiro atoms. The molecule has 0 aromatic carbocycles. The molecule has 18 heavy (non-hydrogen) atoms. The number of carbonyl (C=O) groups is 1. The van der Waals surface area contributed by atoms with E-state index in [1.807, 2.05) is 20.8 Å². The maximum Gasteiger partial charge on any atom is 0.407 e. The molecule has 1 rings (SSSR count). The lowest BCUT2D eigenvalue weighted by atomic mass is 10.2. The van der Waals surface area contributed by atoms with Crippen molar-refractivity contribution in [1.82, 2.24) is 20.8 Å². The molecular weight excluding hydrogens is 236 g/mol. The fourth-order valence-corrected chi connectivity index (χ4v) is 1.19. The minimum atomic E-state index is -0.462. The van der Waals surface area contributed by atoms with Crippen molar-refractivity contribution in [3.63, 3.8) is 0 Å². The van der Waals surface area contributed by atoms with E-state index >= 15 is 0 Å². The molecule has 0 saturated heterocycles. The summed E-state index contributed by atoms with van der Waals surface area (Å²) >= 11 is 0. The lowest BCUT2D eigenvalue weighted by Crippen LogP contribution is -2.36. The number of ether oxygens (including phenoxy) is 1. The van der Waals surface area contributed by atoms with Crippen molar-refractivity contribution in [2.45, 2.75) is 32.8 Å². The lowest BCUT2D eigenvalue weighted by molar-refractivity contribution is 0.0528. The fraction of sp³-hybridized carbons (Fsp3) is 0.727. The van der Waals surface area contributed by atoms with Gasteiger partial charge in [0, 0.05) is 26.1 Å². The predicted molar refractivity (Wildman–Crippen MR) is 65.1 cm³/mol. The molecule has 102 valence electrons. The Labute approximate surface area is 106 Å². The number of nitrogens with zero attached hydrogens (tertiary/aromatic N) is 2. The van der Waals surface area contributed by atoms with E-state index < -0.39 is 11.7 Å². The summed E-state index contributed by atoms with van der Waals surface area (Å²) in [5, 5.41) is 9.50. The molecule has 0 aliphatic carbocycles. The van der Waals surface area contributed by atoms with Crippen molar-refractivity contribution < 1.29 is 14.1 Å². The summed E-state index contributed by atoms with van der Waals surface area (Å²) in [6.45, 7) is 7.40. The molecule has 0 saturated carbocycles. The van der Waals surface area contributed by atoms with Crippen molar-refractivity contribution in [3.05, 3.63) is 12.2 Å². The first-order valence-corrected chi connectivity index (χ1v) is 5.90. The summed E-state index contributed by atoms with van der Waals surface area (Å²) in [6.07, 6.45) is 1.60. The van der Waals surface area contributed by atoms with E-state index in [9.17, 15) is 4.79 Å². The number of aromatic nitrogens is 2. The monoisotopic (exact) mass is 256 g/mol. The minimum absolute atomic E-state index is 0.400. The van der Waals surface area contributed by atoms with Gasteiger partial charge in [-0.2, -0.15) is 4.98 Å². The third kappa shape index (κ3) is 6.85. The highest BCUT2D eigenvalue weighted by Gasteiger charge is 2.15. The molecule has 1 amide bonds. The number of amides is 1. The second kappa shape index (κ2) is 6.95. The van der Waals surface area contributed by atoms with Crippen LogP contribution in [0.1, 0.15) is 26.6 Å². The van der Waals surface area contributed by atoms with Crippen LogP contribution in [0.5, 0.6) is 0 Å². The zero-order chi connectivity index (χ0) is 13.4. The van der Waals surface area contributed by atoms with Gasteiger partial charge in [-0.15, -0.1) is 0 Å². The quantitative estimate of drug-likeness (QED) is 0.729. The predicted octanol–water partition coefficient (Wildman–Crippen LogP) is 0.726. The number of carbonyl (C=O) groups excluding carboxylic acids is 1. The number of alkyl carbamates (subject to hydrolysis) is 1. The van der Waals surface area contributed by atoms with Crippen molar-refractivity contribution in [2.24, 2.45) is 0 Å². The zero-order valence-corrected chi connectivity index (χ0v) is 11.0. The first kappa shape index (κ1) is 14.4. The van der Waals surface area contributed by atoms with Crippen LogP contribution in [0.25, 0.3) is 0 Å². The Hall–Kier alpha value is -1.63. The summed E-state index contributed by atoms with van der Waals surface area (Å²) in [7, 11) is 0. The highest BCUT2D eigenvalue weighted by atomic mass is 16.6. The van der Waals surface area contributed by atoms with Crippen LogP contribution in [0, 0.1) is 0 Å². The van der Waals surface area contributed by atoms with E-state index in [4.69, 9.17) is 4.74 Å². The van der Waals surface area contributed by atoms with E-state index in [1.165, 1.54) is 6.39 Å². The molecule has 0 radical (unpaired) electrons. The summed E-state index contributed by atoms with van der Waals surface area (Å²) in [5.74, 6) is 0.669. The average Bonchev–Trinajstić information content (AvgIpc) is 2.73. The van der Waals surface area contributed by atoms with Gasteiger partial charge in [0.25, 0.3) is 0 Å². The van der Waals surface area contributed by atoms with E-state index in [0.29, 0.717) is 25.3 Å². The van der Waals surface area contributed by atoms with E-state index in [0.717, 1.165) is 6.54 Å². The van der Waals surface area contributed by atoms with Crippen LogP contribution in [0.2, 0.25) is 0 Å². The Morgan fingerprint density at radius 3 is 2.78 bits per heavy atom. The van der Waals surface area contributed by atoms with E-state index in [-0.39, 0.29) is 0 Å².